The lowest BCUT2D eigenvalue weighted by molar-refractivity contribution is -0.274. The highest BCUT2D eigenvalue weighted by atomic mass is 19.4. The molecule has 1 saturated heterocycles. The van der Waals surface area contributed by atoms with Gasteiger partial charge in [0.2, 0.25) is 5.91 Å². The molecular weight excluding hydrogens is 339 g/mol. The summed E-state index contributed by atoms with van der Waals surface area (Å²) in [6.45, 7) is 0.491. The molecule has 3 atom stereocenters. The van der Waals surface area contributed by atoms with Gasteiger partial charge in [-0.25, -0.2) is 0 Å². The molecule has 1 heterocycles. The summed E-state index contributed by atoms with van der Waals surface area (Å²) < 4.78 is 45.8. The topological polar surface area (TPSA) is 59.0 Å². The molecule has 2 aliphatic rings. The second-order valence-corrected chi connectivity index (χ2v) is 6.61. The fourth-order valence-electron chi connectivity index (χ4n) is 3.79. The molecule has 1 aliphatic heterocycles. The predicted octanol–water partition coefficient (Wildman–Crippen LogP) is 2.87. The van der Waals surface area contributed by atoms with Crippen molar-refractivity contribution in [3.05, 3.63) is 24.3 Å². The first-order chi connectivity index (χ1) is 11.7. The van der Waals surface area contributed by atoms with Crippen LogP contribution in [0.25, 0.3) is 0 Å². The Morgan fingerprint density at radius 1 is 1.24 bits per heavy atom. The summed E-state index contributed by atoms with van der Waals surface area (Å²) in [7, 11) is 1.52. The van der Waals surface area contributed by atoms with Gasteiger partial charge in [0.25, 0.3) is 0 Å². The number of nitrogens with zero attached hydrogens (tertiary/aromatic N) is 1. The minimum absolute atomic E-state index is 0.0639. The molecule has 3 rings (SSSR count). The van der Waals surface area contributed by atoms with Crippen LogP contribution in [0.4, 0.5) is 18.9 Å². The number of alkyl halides is 3. The molecule has 1 amide bonds. The van der Waals surface area contributed by atoms with E-state index in [9.17, 15) is 23.1 Å². The van der Waals surface area contributed by atoms with Gasteiger partial charge in [0.05, 0.1) is 17.6 Å². The van der Waals surface area contributed by atoms with E-state index in [4.69, 9.17) is 4.74 Å². The standard InChI is InChI=1S/C17H20F3NO4/c1-24-14-10-16(7-6-13(14)22)8-9-21(15(16)23)11-2-4-12(5-3-11)25-17(18,19)20/h2-5,13-14,22H,6-10H2,1H3/t13-,14-,16+/m0/s1. The molecule has 1 aliphatic carbocycles. The monoisotopic (exact) mass is 359 g/mol. The van der Waals surface area contributed by atoms with Crippen LogP contribution in [0.3, 0.4) is 0 Å². The van der Waals surface area contributed by atoms with Gasteiger partial charge in [0, 0.05) is 19.3 Å². The van der Waals surface area contributed by atoms with Gasteiger partial charge in [-0.1, -0.05) is 0 Å². The van der Waals surface area contributed by atoms with Crippen molar-refractivity contribution >= 4 is 11.6 Å². The Balaban J connectivity index is 1.74. The zero-order valence-electron chi connectivity index (χ0n) is 13.8. The van der Waals surface area contributed by atoms with E-state index in [2.05, 4.69) is 4.74 Å². The van der Waals surface area contributed by atoms with E-state index >= 15 is 0 Å². The van der Waals surface area contributed by atoms with Crippen LogP contribution < -0.4 is 9.64 Å². The van der Waals surface area contributed by atoms with Crippen LogP contribution in [-0.4, -0.2) is 43.2 Å². The summed E-state index contributed by atoms with van der Waals surface area (Å²) in [5.41, 5.74) is -0.0300. The number of rotatable bonds is 3. The Hall–Kier alpha value is -1.80. The number of anilines is 1. The first-order valence-electron chi connectivity index (χ1n) is 8.13. The highest BCUT2D eigenvalue weighted by molar-refractivity contribution is 6.00. The van der Waals surface area contributed by atoms with Gasteiger partial charge in [0.1, 0.15) is 5.75 Å². The van der Waals surface area contributed by atoms with E-state index in [0.29, 0.717) is 37.9 Å². The van der Waals surface area contributed by atoms with Crippen molar-refractivity contribution in [2.45, 2.75) is 44.3 Å². The van der Waals surface area contributed by atoms with Crippen molar-refractivity contribution in [2.75, 3.05) is 18.6 Å². The number of hydrogen-bond donors (Lipinski definition) is 1. The smallest absolute Gasteiger partial charge is 0.406 e. The van der Waals surface area contributed by atoms with Gasteiger partial charge in [-0.05, 0) is 49.9 Å². The van der Waals surface area contributed by atoms with Crippen LogP contribution in [-0.2, 0) is 9.53 Å². The van der Waals surface area contributed by atoms with Crippen molar-refractivity contribution in [2.24, 2.45) is 5.41 Å². The zero-order valence-corrected chi connectivity index (χ0v) is 13.8. The van der Waals surface area contributed by atoms with E-state index in [1.165, 1.54) is 31.4 Å². The zero-order chi connectivity index (χ0) is 18.2. The SMILES string of the molecule is CO[C@H]1C[C@@]2(CC[C@@H]1O)CCN(c1ccc(OC(F)(F)F)cc1)C2=O. The number of amides is 1. The number of halogens is 3. The molecular formula is C17H20F3NO4. The van der Waals surface area contributed by atoms with Gasteiger partial charge < -0.3 is 19.5 Å². The normalized spacial score (nSPS) is 30.1. The Labute approximate surface area is 143 Å². The molecule has 1 N–H and O–H groups in total. The van der Waals surface area contributed by atoms with Crippen molar-refractivity contribution < 1.29 is 32.5 Å². The fraction of sp³-hybridized carbons (Fsp3) is 0.588. The summed E-state index contributed by atoms with van der Waals surface area (Å²) in [6, 6.07) is 5.29. The number of carbonyl (C=O) groups is 1. The first kappa shape index (κ1) is 18.0. The van der Waals surface area contributed by atoms with Crippen molar-refractivity contribution in [3.63, 3.8) is 0 Å². The van der Waals surface area contributed by atoms with Gasteiger partial charge in [-0.3, -0.25) is 4.79 Å². The molecule has 8 heteroatoms. The lowest BCUT2D eigenvalue weighted by Gasteiger charge is -2.38. The lowest BCUT2D eigenvalue weighted by Crippen LogP contribution is -2.45. The average molecular weight is 359 g/mol. The number of carbonyl (C=O) groups excluding carboxylic acids is 1. The molecule has 25 heavy (non-hydrogen) atoms. The molecule has 0 radical (unpaired) electrons. The van der Waals surface area contributed by atoms with Crippen LogP contribution in [0.15, 0.2) is 24.3 Å². The molecule has 1 aromatic rings. The number of aliphatic hydroxyl groups excluding tert-OH is 1. The summed E-state index contributed by atoms with van der Waals surface area (Å²) in [5, 5.41) is 9.95. The predicted molar refractivity (Wildman–Crippen MR) is 83.2 cm³/mol. The molecule has 0 unspecified atom stereocenters. The van der Waals surface area contributed by atoms with Crippen molar-refractivity contribution in [1.82, 2.24) is 0 Å². The lowest BCUT2D eigenvalue weighted by atomic mass is 9.71. The van der Waals surface area contributed by atoms with E-state index in [0.717, 1.165) is 0 Å². The summed E-state index contributed by atoms with van der Waals surface area (Å²) in [5.74, 6) is -0.385. The number of benzene rings is 1. The highest BCUT2D eigenvalue weighted by Crippen LogP contribution is 2.46. The quantitative estimate of drug-likeness (QED) is 0.902. The first-order valence-corrected chi connectivity index (χ1v) is 8.13. The van der Waals surface area contributed by atoms with Crippen molar-refractivity contribution in [3.8, 4) is 5.75 Å². The van der Waals surface area contributed by atoms with Gasteiger partial charge in [-0.15, -0.1) is 13.2 Å². The molecule has 5 nitrogen and oxygen atoms in total. The second-order valence-electron chi connectivity index (χ2n) is 6.61. The Morgan fingerprint density at radius 2 is 1.92 bits per heavy atom. The van der Waals surface area contributed by atoms with Crippen LogP contribution in [0.1, 0.15) is 25.7 Å². The Bertz CT molecular complexity index is 634. The second kappa shape index (κ2) is 6.49. The summed E-state index contributed by atoms with van der Waals surface area (Å²) in [4.78, 5) is 14.5. The number of aliphatic hydroxyl groups is 1. The largest absolute Gasteiger partial charge is 0.573 e. The third-order valence-electron chi connectivity index (χ3n) is 5.14. The fourth-order valence-corrected chi connectivity index (χ4v) is 3.79. The minimum Gasteiger partial charge on any atom is -0.406 e. The maximum Gasteiger partial charge on any atom is 0.573 e. The van der Waals surface area contributed by atoms with Crippen LogP contribution in [0.5, 0.6) is 5.75 Å². The molecule has 138 valence electrons. The average Bonchev–Trinajstić information content (AvgIpc) is 2.86. The third-order valence-corrected chi connectivity index (χ3v) is 5.14. The number of ether oxygens (including phenoxy) is 2. The van der Waals surface area contributed by atoms with E-state index in [-0.39, 0.29) is 17.8 Å². The van der Waals surface area contributed by atoms with Crippen molar-refractivity contribution in [1.29, 1.82) is 0 Å². The maximum absolute atomic E-state index is 12.9. The van der Waals surface area contributed by atoms with Crippen LogP contribution in [0.2, 0.25) is 0 Å². The Morgan fingerprint density at radius 3 is 2.52 bits per heavy atom. The number of hydrogen-bond acceptors (Lipinski definition) is 4. The van der Waals surface area contributed by atoms with E-state index in [1.807, 2.05) is 0 Å². The summed E-state index contributed by atoms with van der Waals surface area (Å²) >= 11 is 0. The molecule has 1 saturated carbocycles. The highest BCUT2D eigenvalue weighted by Gasteiger charge is 2.51. The van der Waals surface area contributed by atoms with Gasteiger partial charge in [0.15, 0.2) is 0 Å². The summed E-state index contributed by atoms with van der Waals surface area (Å²) in [6.07, 6.45) is -3.52. The molecule has 1 spiro atoms. The van der Waals surface area contributed by atoms with E-state index in [1.54, 1.807) is 4.90 Å². The molecule has 0 bridgehead atoms. The third kappa shape index (κ3) is 3.59. The Kier molecular flexibility index (Phi) is 4.68. The van der Waals surface area contributed by atoms with Crippen LogP contribution in [0, 0.1) is 5.41 Å². The minimum atomic E-state index is -4.74. The molecule has 2 fully saturated rings. The number of methoxy groups -OCH3 is 1. The molecule has 1 aromatic carbocycles. The molecule has 0 aromatic heterocycles. The van der Waals surface area contributed by atoms with Gasteiger partial charge in [-0.2, -0.15) is 0 Å². The van der Waals surface area contributed by atoms with Gasteiger partial charge >= 0.3 is 6.36 Å². The van der Waals surface area contributed by atoms with Crippen LogP contribution >= 0.6 is 0 Å². The van der Waals surface area contributed by atoms with E-state index < -0.39 is 17.9 Å². The maximum atomic E-state index is 12.9.